The molecule has 1 aromatic carbocycles. The second-order valence-corrected chi connectivity index (χ2v) is 6.79. The quantitative estimate of drug-likeness (QED) is 0.906. The molecule has 1 saturated heterocycles. The fourth-order valence-corrected chi connectivity index (χ4v) is 4.04. The van der Waals surface area contributed by atoms with Gasteiger partial charge in [-0.15, -0.1) is 0 Å². The van der Waals surface area contributed by atoms with Crippen molar-refractivity contribution in [1.82, 2.24) is 4.90 Å². The van der Waals surface area contributed by atoms with E-state index in [9.17, 15) is 5.11 Å². The van der Waals surface area contributed by atoms with Gasteiger partial charge < -0.3 is 10.0 Å². The van der Waals surface area contributed by atoms with Crippen LogP contribution >= 0.6 is 0 Å². The normalized spacial score (nSPS) is 24.6. The summed E-state index contributed by atoms with van der Waals surface area (Å²) in [5.41, 5.74) is 1.71. The van der Waals surface area contributed by atoms with E-state index < -0.39 is 0 Å². The molecule has 1 aromatic rings. The molecule has 1 heterocycles. The second-order valence-electron chi connectivity index (χ2n) is 6.79. The molecule has 2 fully saturated rings. The fourth-order valence-electron chi connectivity index (χ4n) is 4.04. The lowest BCUT2D eigenvalue weighted by Crippen LogP contribution is -2.42. The van der Waals surface area contributed by atoms with Crippen LogP contribution in [-0.4, -0.2) is 29.6 Å². The monoisotopic (exact) mass is 273 g/mol. The molecule has 1 saturated carbocycles. The largest absolute Gasteiger partial charge is 0.387 e. The van der Waals surface area contributed by atoms with Crippen LogP contribution in [0.4, 0.5) is 0 Å². The number of piperidine rings is 1. The highest BCUT2D eigenvalue weighted by molar-refractivity contribution is 5.17. The molecule has 3 rings (SSSR count). The van der Waals surface area contributed by atoms with Gasteiger partial charge in [0.25, 0.3) is 0 Å². The lowest BCUT2D eigenvalue weighted by molar-refractivity contribution is 0.0380. The maximum atomic E-state index is 10.3. The van der Waals surface area contributed by atoms with E-state index in [0.717, 1.165) is 12.1 Å². The number of β-amino-alcohol motifs (C(OH)–C–C–N with tert-alkyl or cyclic N) is 1. The topological polar surface area (TPSA) is 23.5 Å². The molecule has 1 aliphatic carbocycles. The van der Waals surface area contributed by atoms with Gasteiger partial charge in [-0.2, -0.15) is 0 Å². The van der Waals surface area contributed by atoms with Gasteiger partial charge in [0.2, 0.25) is 0 Å². The van der Waals surface area contributed by atoms with Gasteiger partial charge in [-0.05, 0) is 49.8 Å². The number of rotatable bonds is 3. The molecule has 1 aliphatic heterocycles. The van der Waals surface area contributed by atoms with E-state index >= 15 is 0 Å². The van der Waals surface area contributed by atoms with Crippen LogP contribution < -0.4 is 0 Å². The van der Waals surface area contributed by atoms with Gasteiger partial charge in [0.15, 0.2) is 0 Å². The molecule has 0 bridgehead atoms. The van der Waals surface area contributed by atoms with Crippen molar-refractivity contribution in [2.75, 3.05) is 19.6 Å². The Morgan fingerprint density at radius 3 is 2.25 bits per heavy atom. The number of likely N-dealkylation sites (tertiary alicyclic amines) is 1. The average Bonchev–Trinajstić information content (AvgIpc) is 2.52. The van der Waals surface area contributed by atoms with Crippen molar-refractivity contribution in [1.29, 1.82) is 0 Å². The van der Waals surface area contributed by atoms with E-state index in [4.69, 9.17) is 0 Å². The lowest BCUT2D eigenvalue weighted by atomic mass is 9.68. The summed E-state index contributed by atoms with van der Waals surface area (Å²) in [4.78, 5) is 2.46. The summed E-state index contributed by atoms with van der Waals surface area (Å²) in [6, 6.07) is 10.1. The summed E-state index contributed by atoms with van der Waals surface area (Å²) in [6.45, 7) is 3.13. The lowest BCUT2D eigenvalue weighted by Gasteiger charge is -2.44. The number of aliphatic hydroxyl groups is 1. The van der Waals surface area contributed by atoms with Gasteiger partial charge >= 0.3 is 0 Å². The Hall–Kier alpha value is -0.860. The maximum Gasteiger partial charge on any atom is 0.0916 e. The fraction of sp³-hybridized carbons (Fsp3) is 0.667. The van der Waals surface area contributed by atoms with Crippen molar-refractivity contribution in [3.8, 4) is 0 Å². The van der Waals surface area contributed by atoms with E-state index in [1.165, 1.54) is 58.0 Å². The molecule has 2 heteroatoms. The molecular formula is C18H27NO. The first kappa shape index (κ1) is 14.1. The molecule has 110 valence electrons. The highest BCUT2D eigenvalue weighted by atomic mass is 16.3. The molecule has 0 radical (unpaired) electrons. The van der Waals surface area contributed by atoms with Gasteiger partial charge in [0, 0.05) is 6.54 Å². The Morgan fingerprint density at radius 2 is 1.60 bits per heavy atom. The van der Waals surface area contributed by atoms with Gasteiger partial charge in [-0.25, -0.2) is 0 Å². The first-order valence-corrected chi connectivity index (χ1v) is 8.23. The smallest absolute Gasteiger partial charge is 0.0916 e. The average molecular weight is 273 g/mol. The molecule has 1 N–H and O–H groups in total. The molecule has 0 aromatic heterocycles. The SMILES string of the molecule is OC(CN1CCC2(CCCCC2)CC1)c1ccccc1. The van der Waals surface area contributed by atoms with E-state index in [1.807, 2.05) is 30.3 Å². The number of hydrogen-bond acceptors (Lipinski definition) is 2. The van der Waals surface area contributed by atoms with Crippen LogP contribution in [-0.2, 0) is 0 Å². The standard InChI is InChI=1S/C18H27NO/c20-17(16-7-3-1-4-8-16)15-19-13-11-18(12-14-19)9-5-2-6-10-18/h1,3-4,7-8,17,20H,2,5-6,9-15H2. The molecule has 0 amide bonds. The van der Waals surface area contributed by atoms with Gasteiger partial charge in [-0.1, -0.05) is 49.6 Å². The Labute approximate surface area is 122 Å². The van der Waals surface area contributed by atoms with Crippen molar-refractivity contribution in [2.45, 2.75) is 51.0 Å². The third kappa shape index (κ3) is 3.24. The maximum absolute atomic E-state index is 10.3. The van der Waals surface area contributed by atoms with Gasteiger partial charge in [0.1, 0.15) is 0 Å². The molecular weight excluding hydrogens is 246 g/mol. The second kappa shape index (κ2) is 6.28. The number of aliphatic hydroxyl groups excluding tert-OH is 1. The molecule has 20 heavy (non-hydrogen) atoms. The number of nitrogens with zero attached hydrogens (tertiary/aromatic N) is 1. The summed E-state index contributed by atoms with van der Waals surface area (Å²) < 4.78 is 0. The number of hydrogen-bond donors (Lipinski definition) is 1. The van der Waals surface area contributed by atoms with Crippen LogP contribution in [0, 0.1) is 5.41 Å². The van der Waals surface area contributed by atoms with E-state index in [2.05, 4.69) is 4.90 Å². The van der Waals surface area contributed by atoms with Crippen LogP contribution in [0.1, 0.15) is 56.6 Å². The minimum atomic E-state index is -0.336. The van der Waals surface area contributed by atoms with Crippen molar-refractivity contribution in [2.24, 2.45) is 5.41 Å². The van der Waals surface area contributed by atoms with Crippen molar-refractivity contribution in [3.63, 3.8) is 0 Å². The van der Waals surface area contributed by atoms with Crippen molar-refractivity contribution >= 4 is 0 Å². The Kier molecular flexibility index (Phi) is 4.42. The molecule has 2 aliphatic rings. The molecule has 1 unspecified atom stereocenters. The predicted octanol–water partition coefficient (Wildman–Crippen LogP) is 3.77. The third-order valence-corrected chi connectivity index (χ3v) is 5.45. The van der Waals surface area contributed by atoms with Gasteiger partial charge in [-0.3, -0.25) is 0 Å². The van der Waals surface area contributed by atoms with E-state index in [1.54, 1.807) is 0 Å². The summed E-state index contributed by atoms with van der Waals surface area (Å²) in [6.07, 6.45) is 9.56. The molecule has 2 nitrogen and oxygen atoms in total. The van der Waals surface area contributed by atoms with E-state index in [0.29, 0.717) is 5.41 Å². The third-order valence-electron chi connectivity index (χ3n) is 5.45. The van der Waals surface area contributed by atoms with Crippen LogP contribution in [0.2, 0.25) is 0 Å². The summed E-state index contributed by atoms with van der Waals surface area (Å²) in [5.74, 6) is 0. The van der Waals surface area contributed by atoms with Crippen molar-refractivity contribution in [3.05, 3.63) is 35.9 Å². The zero-order chi connectivity index (χ0) is 13.8. The zero-order valence-corrected chi connectivity index (χ0v) is 12.4. The Bertz CT molecular complexity index is 401. The van der Waals surface area contributed by atoms with Gasteiger partial charge in [0.05, 0.1) is 6.10 Å². The molecule has 1 atom stereocenters. The predicted molar refractivity (Wildman–Crippen MR) is 82.6 cm³/mol. The number of benzene rings is 1. The summed E-state index contributed by atoms with van der Waals surface area (Å²) in [7, 11) is 0. The summed E-state index contributed by atoms with van der Waals surface area (Å²) in [5, 5.41) is 10.3. The Balaban J connectivity index is 1.51. The minimum absolute atomic E-state index is 0.336. The van der Waals surface area contributed by atoms with Crippen molar-refractivity contribution < 1.29 is 5.11 Å². The van der Waals surface area contributed by atoms with Crippen LogP contribution in [0.5, 0.6) is 0 Å². The highest BCUT2D eigenvalue weighted by Crippen LogP contribution is 2.44. The van der Waals surface area contributed by atoms with E-state index in [-0.39, 0.29) is 6.10 Å². The highest BCUT2D eigenvalue weighted by Gasteiger charge is 2.35. The minimum Gasteiger partial charge on any atom is -0.387 e. The first-order chi connectivity index (χ1) is 9.77. The molecule has 1 spiro atoms. The zero-order valence-electron chi connectivity index (χ0n) is 12.4. The Morgan fingerprint density at radius 1 is 0.950 bits per heavy atom. The van der Waals surface area contributed by atoms with Crippen LogP contribution in [0.15, 0.2) is 30.3 Å². The first-order valence-electron chi connectivity index (χ1n) is 8.23. The van der Waals surface area contributed by atoms with Crippen LogP contribution in [0.3, 0.4) is 0 Å². The van der Waals surface area contributed by atoms with Crippen LogP contribution in [0.25, 0.3) is 0 Å². The summed E-state index contributed by atoms with van der Waals surface area (Å²) >= 11 is 0.